The highest BCUT2D eigenvalue weighted by Crippen LogP contribution is 2.30. The number of aromatic nitrogens is 1. The summed E-state index contributed by atoms with van der Waals surface area (Å²) in [5, 5.41) is 4.05. The van der Waals surface area contributed by atoms with Gasteiger partial charge in [0.2, 0.25) is 0 Å². The predicted molar refractivity (Wildman–Crippen MR) is 74.4 cm³/mol. The van der Waals surface area contributed by atoms with Crippen LogP contribution in [0.15, 0.2) is 18.2 Å². The highest BCUT2D eigenvalue weighted by Gasteiger charge is 2.20. The van der Waals surface area contributed by atoms with E-state index in [0.717, 1.165) is 37.0 Å². The number of nitrogens with one attached hydrogen (secondary N) is 2. The number of benzene rings is 1. The van der Waals surface area contributed by atoms with E-state index in [-0.39, 0.29) is 5.56 Å². The monoisotopic (exact) mass is 276 g/mol. The maximum absolute atomic E-state index is 13.6. The quantitative estimate of drug-likeness (QED) is 0.829. The lowest BCUT2D eigenvalue weighted by Gasteiger charge is -2.21. The van der Waals surface area contributed by atoms with E-state index < -0.39 is 11.8 Å². The zero-order valence-corrected chi connectivity index (χ0v) is 11.3. The Bertz CT molecular complexity index is 645. The molecule has 1 aromatic heterocycles. The van der Waals surface area contributed by atoms with E-state index in [4.69, 9.17) is 4.74 Å². The van der Waals surface area contributed by atoms with Gasteiger partial charge in [0.05, 0.1) is 12.7 Å². The van der Waals surface area contributed by atoms with Crippen molar-refractivity contribution in [2.45, 2.75) is 18.8 Å². The molecule has 1 fully saturated rings. The molecule has 1 aromatic carbocycles. The minimum atomic E-state index is -0.509. The van der Waals surface area contributed by atoms with Crippen LogP contribution in [0.3, 0.4) is 0 Å². The van der Waals surface area contributed by atoms with Gasteiger partial charge in [-0.1, -0.05) is 0 Å². The zero-order chi connectivity index (χ0) is 14.1. The highest BCUT2D eigenvalue weighted by atomic mass is 19.1. The molecule has 2 N–H and O–H groups in total. The third-order valence-electron chi connectivity index (χ3n) is 3.91. The van der Waals surface area contributed by atoms with Crippen molar-refractivity contribution in [3.05, 3.63) is 35.3 Å². The van der Waals surface area contributed by atoms with Crippen molar-refractivity contribution in [2.75, 3.05) is 20.2 Å². The number of fused-ring (bicyclic) bond motifs is 1. The number of aromatic amines is 1. The van der Waals surface area contributed by atoms with Crippen molar-refractivity contribution in [3.8, 4) is 0 Å². The molecule has 2 aromatic rings. The number of ether oxygens (including phenoxy) is 1. The molecule has 3 rings (SSSR count). The van der Waals surface area contributed by atoms with Gasteiger partial charge in [-0.05, 0) is 44.1 Å². The lowest BCUT2D eigenvalue weighted by molar-refractivity contribution is 0.0602. The molecular weight excluding hydrogens is 259 g/mol. The molecule has 1 aliphatic rings. The Hall–Kier alpha value is -1.88. The summed E-state index contributed by atoms with van der Waals surface area (Å²) in [5.41, 5.74) is 2.00. The van der Waals surface area contributed by atoms with Crippen molar-refractivity contribution in [1.29, 1.82) is 0 Å². The van der Waals surface area contributed by atoms with Gasteiger partial charge >= 0.3 is 5.97 Å². The van der Waals surface area contributed by atoms with Gasteiger partial charge in [-0.15, -0.1) is 0 Å². The van der Waals surface area contributed by atoms with Gasteiger partial charge in [-0.3, -0.25) is 0 Å². The van der Waals surface area contributed by atoms with Gasteiger partial charge in [0.25, 0.3) is 0 Å². The summed E-state index contributed by atoms with van der Waals surface area (Å²) >= 11 is 0. The molecule has 106 valence electrons. The summed E-state index contributed by atoms with van der Waals surface area (Å²) in [5.74, 6) is -0.515. The molecule has 1 aliphatic heterocycles. The Morgan fingerprint density at radius 2 is 2.05 bits per heavy atom. The van der Waals surface area contributed by atoms with Gasteiger partial charge in [0.15, 0.2) is 0 Å². The van der Waals surface area contributed by atoms with Crippen LogP contribution in [0.5, 0.6) is 0 Å². The fourth-order valence-corrected chi connectivity index (χ4v) is 2.86. The smallest absolute Gasteiger partial charge is 0.338 e. The molecule has 1 saturated heterocycles. The number of methoxy groups -OCH3 is 1. The third kappa shape index (κ3) is 2.29. The van der Waals surface area contributed by atoms with Gasteiger partial charge in [0, 0.05) is 22.5 Å². The number of esters is 1. The number of carbonyl (C=O) groups excluding carboxylic acids is 1. The Balaban J connectivity index is 2.07. The Morgan fingerprint density at radius 3 is 2.75 bits per heavy atom. The molecule has 20 heavy (non-hydrogen) atoms. The van der Waals surface area contributed by atoms with E-state index in [2.05, 4.69) is 10.3 Å². The SMILES string of the molecule is COC(=O)c1cc(F)cc2[nH]c(C3CCNCC3)cc12. The molecule has 0 bridgehead atoms. The van der Waals surface area contributed by atoms with Crippen LogP contribution in [0.4, 0.5) is 4.39 Å². The maximum atomic E-state index is 13.6. The lowest BCUT2D eigenvalue weighted by atomic mass is 9.94. The first-order chi connectivity index (χ1) is 9.69. The summed E-state index contributed by atoms with van der Waals surface area (Å²) < 4.78 is 18.3. The minimum absolute atomic E-state index is 0.277. The maximum Gasteiger partial charge on any atom is 0.338 e. The molecule has 4 nitrogen and oxygen atoms in total. The number of carbonyl (C=O) groups is 1. The number of piperidine rings is 1. The molecule has 0 spiro atoms. The number of rotatable bonds is 2. The Kier molecular flexibility index (Phi) is 3.44. The summed E-state index contributed by atoms with van der Waals surface area (Å²) in [4.78, 5) is 15.0. The number of H-pyrrole nitrogens is 1. The highest BCUT2D eigenvalue weighted by molar-refractivity contribution is 6.04. The molecule has 0 saturated carbocycles. The fraction of sp³-hybridized carbons (Fsp3) is 0.400. The van der Waals surface area contributed by atoms with E-state index in [1.165, 1.54) is 19.2 Å². The predicted octanol–water partition coefficient (Wildman–Crippen LogP) is 2.56. The average Bonchev–Trinajstić information content (AvgIpc) is 2.90. The molecular formula is C15H17FN2O2. The van der Waals surface area contributed by atoms with E-state index in [0.29, 0.717) is 11.4 Å². The van der Waals surface area contributed by atoms with Crippen LogP contribution in [-0.4, -0.2) is 31.2 Å². The molecule has 0 aliphatic carbocycles. The second kappa shape index (κ2) is 5.25. The van der Waals surface area contributed by atoms with Crippen LogP contribution < -0.4 is 5.32 Å². The van der Waals surface area contributed by atoms with Crippen LogP contribution in [-0.2, 0) is 4.74 Å². The molecule has 0 radical (unpaired) electrons. The minimum Gasteiger partial charge on any atom is -0.465 e. The normalized spacial score (nSPS) is 16.5. The van der Waals surface area contributed by atoms with Crippen molar-refractivity contribution in [3.63, 3.8) is 0 Å². The summed E-state index contributed by atoms with van der Waals surface area (Å²) in [7, 11) is 1.31. The van der Waals surface area contributed by atoms with Crippen molar-refractivity contribution in [2.24, 2.45) is 0 Å². The molecule has 0 unspecified atom stereocenters. The average molecular weight is 276 g/mol. The summed E-state index contributed by atoms with van der Waals surface area (Å²) in [6.45, 7) is 1.97. The van der Waals surface area contributed by atoms with Crippen LogP contribution in [0.1, 0.15) is 34.8 Å². The lowest BCUT2D eigenvalue weighted by Crippen LogP contribution is -2.26. The fourth-order valence-electron chi connectivity index (χ4n) is 2.86. The second-order valence-corrected chi connectivity index (χ2v) is 5.16. The Morgan fingerprint density at radius 1 is 1.30 bits per heavy atom. The topological polar surface area (TPSA) is 54.1 Å². The van der Waals surface area contributed by atoms with Crippen molar-refractivity contribution in [1.82, 2.24) is 10.3 Å². The number of hydrogen-bond acceptors (Lipinski definition) is 3. The van der Waals surface area contributed by atoms with E-state index in [9.17, 15) is 9.18 Å². The first-order valence-corrected chi connectivity index (χ1v) is 6.80. The molecule has 0 amide bonds. The first-order valence-electron chi connectivity index (χ1n) is 6.80. The van der Waals surface area contributed by atoms with E-state index in [1.807, 2.05) is 6.07 Å². The zero-order valence-electron chi connectivity index (χ0n) is 11.3. The van der Waals surface area contributed by atoms with E-state index >= 15 is 0 Å². The Labute approximate surface area is 116 Å². The van der Waals surface area contributed by atoms with Gasteiger partial charge < -0.3 is 15.0 Å². The summed E-state index contributed by atoms with van der Waals surface area (Å²) in [6, 6.07) is 4.61. The van der Waals surface area contributed by atoms with Crippen LogP contribution in [0.2, 0.25) is 0 Å². The van der Waals surface area contributed by atoms with Gasteiger partial charge in [-0.25, -0.2) is 9.18 Å². The van der Waals surface area contributed by atoms with Gasteiger partial charge in [-0.2, -0.15) is 0 Å². The van der Waals surface area contributed by atoms with Crippen molar-refractivity contribution < 1.29 is 13.9 Å². The molecule has 0 atom stereocenters. The van der Waals surface area contributed by atoms with Gasteiger partial charge in [0.1, 0.15) is 5.82 Å². The van der Waals surface area contributed by atoms with E-state index in [1.54, 1.807) is 0 Å². The van der Waals surface area contributed by atoms with Crippen LogP contribution in [0.25, 0.3) is 10.9 Å². The first kappa shape index (κ1) is 13.1. The third-order valence-corrected chi connectivity index (χ3v) is 3.91. The number of halogens is 1. The second-order valence-electron chi connectivity index (χ2n) is 5.16. The largest absolute Gasteiger partial charge is 0.465 e. The van der Waals surface area contributed by atoms with Crippen molar-refractivity contribution >= 4 is 16.9 Å². The molecule has 5 heteroatoms. The molecule has 2 heterocycles. The van der Waals surface area contributed by atoms with Crippen LogP contribution >= 0.6 is 0 Å². The number of hydrogen-bond donors (Lipinski definition) is 2. The standard InChI is InChI=1S/C15H17FN2O2/c1-20-15(19)12-6-10(16)7-14-11(12)8-13(18-14)9-2-4-17-5-3-9/h6-9,17-18H,2-5H2,1H3. The van der Waals surface area contributed by atoms with Crippen LogP contribution in [0, 0.1) is 5.82 Å². The summed E-state index contributed by atoms with van der Waals surface area (Å²) in [6.07, 6.45) is 2.09.